The van der Waals surface area contributed by atoms with Gasteiger partial charge in [0.15, 0.2) is 0 Å². The van der Waals surface area contributed by atoms with Crippen LogP contribution < -0.4 is 0 Å². The van der Waals surface area contributed by atoms with E-state index in [1.54, 1.807) is 11.1 Å². The highest BCUT2D eigenvalue weighted by molar-refractivity contribution is 5.31. The summed E-state index contributed by atoms with van der Waals surface area (Å²) in [5.41, 5.74) is 4.68. The fourth-order valence-corrected chi connectivity index (χ4v) is 5.33. The highest BCUT2D eigenvalue weighted by Crippen LogP contribution is 2.34. The lowest BCUT2D eigenvalue weighted by molar-refractivity contribution is 0.248. The Labute approximate surface area is 183 Å². The van der Waals surface area contributed by atoms with E-state index < -0.39 is 0 Å². The van der Waals surface area contributed by atoms with Crippen LogP contribution in [0.1, 0.15) is 133 Å². The van der Waals surface area contributed by atoms with Gasteiger partial charge in [-0.1, -0.05) is 122 Å². The fourth-order valence-electron chi connectivity index (χ4n) is 5.33. The van der Waals surface area contributed by atoms with Crippen LogP contribution in [-0.2, 0) is 12.8 Å². The van der Waals surface area contributed by atoms with E-state index in [2.05, 4.69) is 39.0 Å². The van der Waals surface area contributed by atoms with Crippen LogP contribution in [0.4, 0.5) is 0 Å². The predicted octanol–water partition coefficient (Wildman–Crippen LogP) is 9.61. The van der Waals surface area contributed by atoms with Gasteiger partial charge in [0.25, 0.3) is 0 Å². The number of aryl methyl sites for hydroxylation is 3. The maximum atomic E-state index is 2.48. The van der Waals surface area contributed by atoms with Gasteiger partial charge in [-0.3, -0.25) is 0 Å². The number of rotatable bonds is 15. The molecule has 1 aromatic rings. The molecule has 0 nitrogen and oxygen atoms in total. The molecular formula is C29H50. The second-order valence-electron chi connectivity index (χ2n) is 10.1. The molecule has 1 aliphatic carbocycles. The molecule has 0 heteroatoms. The van der Waals surface area contributed by atoms with Crippen molar-refractivity contribution in [3.8, 4) is 0 Å². The molecule has 166 valence electrons. The molecule has 1 saturated carbocycles. The van der Waals surface area contributed by atoms with Gasteiger partial charge in [0, 0.05) is 0 Å². The lowest BCUT2D eigenvalue weighted by Gasteiger charge is -2.28. The first-order valence-corrected chi connectivity index (χ1v) is 13.3. The van der Waals surface area contributed by atoms with Crippen LogP contribution in [0.3, 0.4) is 0 Å². The standard InChI is InChI=1S/C29H50/c1-4-6-8-9-10-11-13-14-26-16-18-27(19-17-26)20-21-28-22-23-29(25(3)24-28)15-12-7-5-2/h22-24,26-27H,4-21H2,1-3H3. The van der Waals surface area contributed by atoms with Gasteiger partial charge in [-0.05, 0) is 61.1 Å². The Kier molecular flexibility index (Phi) is 12.7. The molecule has 0 atom stereocenters. The second kappa shape index (κ2) is 15.1. The van der Waals surface area contributed by atoms with E-state index >= 15 is 0 Å². The third-order valence-electron chi connectivity index (χ3n) is 7.48. The van der Waals surface area contributed by atoms with Crippen molar-refractivity contribution in [3.05, 3.63) is 34.9 Å². The molecule has 0 bridgehead atoms. The predicted molar refractivity (Wildman–Crippen MR) is 131 cm³/mol. The molecule has 0 spiro atoms. The van der Waals surface area contributed by atoms with E-state index in [1.807, 2.05) is 0 Å². The minimum Gasteiger partial charge on any atom is -0.0654 e. The first kappa shape index (κ1) is 24.5. The summed E-state index contributed by atoms with van der Waals surface area (Å²) < 4.78 is 0. The summed E-state index contributed by atoms with van der Waals surface area (Å²) in [7, 11) is 0. The summed E-state index contributed by atoms with van der Waals surface area (Å²) in [5, 5.41) is 0. The Morgan fingerprint density at radius 2 is 1.24 bits per heavy atom. The Morgan fingerprint density at radius 3 is 1.90 bits per heavy atom. The molecule has 0 aliphatic heterocycles. The molecule has 0 N–H and O–H groups in total. The molecule has 1 fully saturated rings. The maximum absolute atomic E-state index is 2.48. The summed E-state index contributed by atoms with van der Waals surface area (Å²) >= 11 is 0. The zero-order chi connectivity index (χ0) is 20.7. The van der Waals surface area contributed by atoms with Crippen molar-refractivity contribution in [1.29, 1.82) is 0 Å². The van der Waals surface area contributed by atoms with Crippen LogP contribution in [0, 0.1) is 18.8 Å². The van der Waals surface area contributed by atoms with Crippen molar-refractivity contribution in [2.24, 2.45) is 11.8 Å². The van der Waals surface area contributed by atoms with Crippen LogP contribution in [0.5, 0.6) is 0 Å². The molecule has 0 amide bonds. The molecular weight excluding hydrogens is 348 g/mol. The Hall–Kier alpha value is -0.780. The first-order chi connectivity index (χ1) is 14.2. The molecule has 0 aromatic heterocycles. The third kappa shape index (κ3) is 10.2. The van der Waals surface area contributed by atoms with E-state index in [4.69, 9.17) is 0 Å². The number of hydrogen-bond donors (Lipinski definition) is 0. The number of hydrogen-bond acceptors (Lipinski definition) is 0. The van der Waals surface area contributed by atoms with Gasteiger partial charge in [0.1, 0.15) is 0 Å². The topological polar surface area (TPSA) is 0 Å². The number of unbranched alkanes of at least 4 members (excludes halogenated alkanes) is 8. The van der Waals surface area contributed by atoms with Gasteiger partial charge in [0.05, 0.1) is 0 Å². The van der Waals surface area contributed by atoms with Crippen LogP contribution in [0.2, 0.25) is 0 Å². The Bertz CT molecular complexity index is 521. The van der Waals surface area contributed by atoms with Gasteiger partial charge in [-0.2, -0.15) is 0 Å². The minimum atomic E-state index is 0.991. The number of benzene rings is 1. The molecule has 0 heterocycles. The van der Waals surface area contributed by atoms with Gasteiger partial charge in [-0.25, -0.2) is 0 Å². The average molecular weight is 399 g/mol. The van der Waals surface area contributed by atoms with Gasteiger partial charge >= 0.3 is 0 Å². The summed E-state index contributed by atoms with van der Waals surface area (Å²) in [4.78, 5) is 0. The molecule has 0 radical (unpaired) electrons. The highest BCUT2D eigenvalue weighted by atomic mass is 14.3. The largest absolute Gasteiger partial charge is 0.0654 e. The normalized spacial score (nSPS) is 19.6. The van der Waals surface area contributed by atoms with E-state index in [0.717, 1.165) is 11.8 Å². The van der Waals surface area contributed by atoms with Gasteiger partial charge < -0.3 is 0 Å². The van der Waals surface area contributed by atoms with Crippen LogP contribution in [-0.4, -0.2) is 0 Å². The van der Waals surface area contributed by atoms with Crippen molar-refractivity contribution in [1.82, 2.24) is 0 Å². The molecule has 1 aliphatic rings. The highest BCUT2D eigenvalue weighted by Gasteiger charge is 2.20. The molecule has 2 rings (SSSR count). The zero-order valence-corrected chi connectivity index (χ0v) is 20.1. The molecule has 0 saturated heterocycles. The molecule has 1 aromatic carbocycles. The fraction of sp³-hybridized carbons (Fsp3) is 0.793. The van der Waals surface area contributed by atoms with Crippen molar-refractivity contribution in [2.75, 3.05) is 0 Å². The van der Waals surface area contributed by atoms with Crippen LogP contribution >= 0.6 is 0 Å². The summed E-state index contributed by atoms with van der Waals surface area (Å²) in [6.45, 7) is 6.92. The summed E-state index contributed by atoms with van der Waals surface area (Å²) in [5.74, 6) is 2.04. The molecule has 29 heavy (non-hydrogen) atoms. The Morgan fingerprint density at radius 1 is 0.655 bits per heavy atom. The van der Waals surface area contributed by atoms with E-state index in [0.29, 0.717) is 0 Å². The summed E-state index contributed by atoms with van der Waals surface area (Å²) in [6.07, 6.45) is 25.7. The third-order valence-corrected chi connectivity index (χ3v) is 7.48. The van der Waals surface area contributed by atoms with Crippen molar-refractivity contribution >= 4 is 0 Å². The zero-order valence-electron chi connectivity index (χ0n) is 20.1. The van der Waals surface area contributed by atoms with Crippen molar-refractivity contribution in [3.63, 3.8) is 0 Å². The maximum Gasteiger partial charge on any atom is -0.0276 e. The van der Waals surface area contributed by atoms with Crippen LogP contribution in [0.15, 0.2) is 18.2 Å². The second-order valence-corrected chi connectivity index (χ2v) is 10.1. The first-order valence-electron chi connectivity index (χ1n) is 13.3. The summed E-state index contributed by atoms with van der Waals surface area (Å²) in [6, 6.07) is 7.31. The minimum absolute atomic E-state index is 0.991. The lowest BCUT2D eigenvalue weighted by atomic mass is 9.77. The lowest BCUT2D eigenvalue weighted by Crippen LogP contribution is -2.15. The average Bonchev–Trinajstić information content (AvgIpc) is 2.74. The smallest absolute Gasteiger partial charge is 0.0276 e. The van der Waals surface area contributed by atoms with Crippen LogP contribution in [0.25, 0.3) is 0 Å². The van der Waals surface area contributed by atoms with Crippen molar-refractivity contribution < 1.29 is 0 Å². The SMILES string of the molecule is CCCCCCCCCC1CCC(CCc2ccc(CCCCC)c(C)c2)CC1. The van der Waals surface area contributed by atoms with Gasteiger partial charge in [0.2, 0.25) is 0 Å². The monoisotopic (exact) mass is 398 g/mol. The van der Waals surface area contributed by atoms with E-state index in [-0.39, 0.29) is 0 Å². The quantitative estimate of drug-likeness (QED) is 0.258. The molecule has 0 unspecified atom stereocenters. The van der Waals surface area contributed by atoms with Gasteiger partial charge in [-0.15, -0.1) is 0 Å². The van der Waals surface area contributed by atoms with E-state index in [9.17, 15) is 0 Å². The van der Waals surface area contributed by atoms with Crippen molar-refractivity contribution in [2.45, 2.75) is 136 Å². The van der Waals surface area contributed by atoms with E-state index in [1.165, 1.54) is 121 Å². The Balaban J connectivity index is 1.57.